The second-order valence-corrected chi connectivity index (χ2v) is 6.73. The number of aryl methyl sites for hydroxylation is 1. The average molecular weight is 368 g/mol. The highest BCUT2D eigenvalue weighted by atomic mass is 16.2. The fraction of sp³-hybridized carbons (Fsp3) is 0.0833. The summed E-state index contributed by atoms with van der Waals surface area (Å²) in [6, 6.07) is 26.5. The quantitative estimate of drug-likeness (QED) is 0.423. The summed E-state index contributed by atoms with van der Waals surface area (Å²) in [5.41, 5.74) is 3.18. The molecule has 0 radical (unpaired) electrons. The molecule has 0 atom stereocenters. The number of ketones is 1. The summed E-state index contributed by atoms with van der Waals surface area (Å²) < 4.78 is 1.86. The maximum Gasteiger partial charge on any atom is 0.293 e. The predicted octanol–water partition coefficient (Wildman–Crippen LogP) is 4.27. The van der Waals surface area contributed by atoms with Gasteiger partial charge in [0.1, 0.15) is 0 Å². The Balaban J connectivity index is 1.67. The Kier molecular flexibility index (Phi) is 4.77. The number of nitrogens with one attached hydrogen (secondary N) is 1. The van der Waals surface area contributed by atoms with Crippen molar-refractivity contribution in [3.8, 4) is 0 Å². The molecule has 0 aliphatic rings. The Labute approximate surface area is 163 Å². The number of benzene rings is 3. The molecule has 28 heavy (non-hydrogen) atoms. The van der Waals surface area contributed by atoms with E-state index in [1.807, 2.05) is 96.5 Å². The summed E-state index contributed by atoms with van der Waals surface area (Å²) in [6.45, 7) is 0. The zero-order valence-electron chi connectivity index (χ0n) is 15.5. The number of hydrogen-bond acceptors (Lipinski definition) is 2. The lowest BCUT2D eigenvalue weighted by atomic mass is 9.98. The Morgan fingerprint density at radius 1 is 0.786 bits per heavy atom. The minimum atomic E-state index is -0.617. The van der Waals surface area contributed by atoms with Crippen molar-refractivity contribution in [3.05, 3.63) is 108 Å². The SMILES string of the molecule is Cn1cc(C(=O)C(=O)NC(c2ccccc2)c2ccccc2)c2ccccc21. The monoisotopic (exact) mass is 368 g/mol. The molecule has 4 aromatic rings. The van der Waals surface area contributed by atoms with Crippen LogP contribution in [0.3, 0.4) is 0 Å². The van der Waals surface area contributed by atoms with E-state index in [4.69, 9.17) is 0 Å². The van der Waals surface area contributed by atoms with Gasteiger partial charge in [0.25, 0.3) is 11.7 Å². The van der Waals surface area contributed by atoms with E-state index in [1.54, 1.807) is 6.20 Å². The van der Waals surface area contributed by atoms with E-state index in [2.05, 4.69) is 5.32 Å². The third-order valence-electron chi connectivity index (χ3n) is 4.89. The van der Waals surface area contributed by atoms with Gasteiger partial charge >= 0.3 is 0 Å². The van der Waals surface area contributed by atoms with Crippen LogP contribution in [0.2, 0.25) is 0 Å². The fourth-order valence-electron chi connectivity index (χ4n) is 3.49. The van der Waals surface area contributed by atoms with Crippen LogP contribution < -0.4 is 5.32 Å². The minimum absolute atomic E-state index is 0.395. The van der Waals surface area contributed by atoms with Crippen molar-refractivity contribution < 1.29 is 9.59 Å². The lowest BCUT2D eigenvalue weighted by Gasteiger charge is -2.19. The molecule has 0 unspecified atom stereocenters. The molecule has 0 saturated heterocycles. The van der Waals surface area contributed by atoms with Crippen molar-refractivity contribution in [2.24, 2.45) is 7.05 Å². The van der Waals surface area contributed by atoms with Crippen LogP contribution in [0, 0.1) is 0 Å². The summed E-state index contributed by atoms with van der Waals surface area (Å²) in [6.07, 6.45) is 1.71. The molecule has 0 bridgehead atoms. The molecule has 0 aliphatic heterocycles. The highest BCUT2D eigenvalue weighted by Gasteiger charge is 2.24. The van der Waals surface area contributed by atoms with Gasteiger partial charge in [0.15, 0.2) is 0 Å². The highest BCUT2D eigenvalue weighted by molar-refractivity contribution is 6.45. The average Bonchev–Trinajstić information content (AvgIpc) is 3.09. The number of amides is 1. The molecule has 4 heteroatoms. The number of hydrogen-bond donors (Lipinski definition) is 1. The summed E-state index contributed by atoms with van der Waals surface area (Å²) in [4.78, 5) is 25.8. The molecule has 1 N–H and O–H groups in total. The lowest BCUT2D eigenvalue weighted by molar-refractivity contribution is -0.117. The van der Waals surface area contributed by atoms with Crippen LogP contribution in [-0.2, 0) is 11.8 Å². The van der Waals surface area contributed by atoms with Gasteiger partial charge in [-0.1, -0.05) is 78.9 Å². The Morgan fingerprint density at radius 3 is 1.93 bits per heavy atom. The van der Waals surface area contributed by atoms with Gasteiger partial charge in [0, 0.05) is 24.1 Å². The molecule has 1 aromatic heterocycles. The Hall–Kier alpha value is -3.66. The topological polar surface area (TPSA) is 51.1 Å². The lowest BCUT2D eigenvalue weighted by Crippen LogP contribution is -2.35. The van der Waals surface area contributed by atoms with E-state index in [1.165, 1.54) is 0 Å². The molecule has 0 fully saturated rings. The van der Waals surface area contributed by atoms with Gasteiger partial charge in [0.05, 0.1) is 11.6 Å². The molecule has 4 nitrogen and oxygen atoms in total. The maximum atomic E-state index is 12.9. The van der Waals surface area contributed by atoms with Gasteiger partial charge in [-0.2, -0.15) is 0 Å². The van der Waals surface area contributed by atoms with Crippen molar-refractivity contribution in [1.82, 2.24) is 9.88 Å². The zero-order chi connectivity index (χ0) is 19.5. The number of aromatic nitrogens is 1. The van der Waals surface area contributed by atoms with Gasteiger partial charge < -0.3 is 9.88 Å². The molecule has 3 aromatic carbocycles. The number of carbonyl (C=O) groups is 2. The van der Waals surface area contributed by atoms with E-state index in [0.717, 1.165) is 22.0 Å². The van der Waals surface area contributed by atoms with Crippen molar-refractivity contribution >= 4 is 22.6 Å². The number of para-hydroxylation sites is 1. The molecule has 1 amide bonds. The molecular formula is C24H20N2O2. The van der Waals surface area contributed by atoms with Crippen molar-refractivity contribution in [2.75, 3.05) is 0 Å². The number of Topliss-reactive ketones (excluding diaryl/α,β-unsaturated/α-hetero) is 1. The van der Waals surface area contributed by atoms with Crippen LogP contribution in [0.25, 0.3) is 10.9 Å². The first-order valence-corrected chi connectivity index (χ1v) is 9.14. The number of carbonyl (C=O) groups excluding carboxylic acids is 2. The van der Waals surface area contributed by atoms with Crippen molar-refractivity contribution in [2.45, 2.75) is 6.04 Å². The van der Waals surface area contributed by atoms with Crippen LogP contribution in [0.4, 0.5) is 0 Å². The van der Waals surface area contributed by atoms with E-state index in [-0.39, 0.29) is 0 Å². The van der Waals surface area contributed by atoms with Crippen LogP contribution in [0.1, 0.15) is 27.5 Å². The maximum absolute atomic E-state index is 12.9. The van der Waals surface area contributed by atoms with E-state index in [0.29, 0.717) is 5.56 Å². The van der Waals surface area contributed by atoms with Crippen LogP contribution in [0.15, 0.2) is 91.1 Å². The molecular weight excluding hydrogens is 348 g/mol. The Bertz CT molecular complexity index is 1090. The number of nitrogens with zero attached hydrogens (tertiary/aromatic N) is 1. The first-order chi connectivity index (χ1) is 13.6. The largest absolute Gasteiger partial charge is 0.350 e. The van der Waals surface area contributed by atoms with Crippen LogP contribution in [-0.4, -0.2) is 16.3 Å². The van der Waals surface area contributed by atoms with Gasteiger partial charge in [-0.05, 0) is 17.2 Å². The van der Waals surface area contributed by atoms with Crippen LogP contribution >= 0.6 is 0 Å². The van der Waals surface area contributed by atoms with Crippen molar-refractivity contribution in [3.63, 3.8) is 0 Å². The molecule has 0 saturated carbocycles. The summed E-state index contributed by atoms with van der Waals surface area (Å²) in [7, 11) is 1.87. The van der Waals surface area contributed by atoms with Gasteiger partial charge in [-0.3, -0.25) is 9.59 Å². The molecule has 138 valence electrons. The molecule has 0 aliphatic carbocycles. The zero-order valence-corrected chi connectivity index (χ0v) is 15.5. The predicted molar refractivity (Wildman–Crippen MR) is 110 cm³/mol. The third-order valence-corrected chi connectivity index (χ3v) is 4.89. The normalized spacial score (nSPS) is 10.9. The number of fused-ring (bicyclic) bond motifs is 1. The summed E-state index contributed by atoms with van der Waals surface area (Å²) in [5, 5.41) is 3.70. The second-order valence-electron chi connectivity index (χ2n) is 6.73. The fourth-order valence-corrected chi connectivity index (χ4v) is 3.49. The van der Waals surface area contributed by atoms with Crippen LogP contribution in [0.5, 0.6) is 0 Å². The Morgan fingerprint density at radius 2 is 1.32 bits per heavy atom. The molecule has 0 spiro atoms. The van der Waals surface area contributed by atoms with E-state index < -0.39 is 17.7 Å². The van der Waals surface area contributed by atoms with Crippen molar-refractivity contribution in [1.29, 1.82) is 0 Å². The van der Waals surface area contributed by atoms with Gasteiger partial charge in [-0.25, -0.2) is 0 Å². The smallest absolute Gasteiger partial charge is 0.293 e. The standard InChI is InChI=1S/C24H20N2O2/c1-26-16-20(19-14-8-9-15-21(19)26)23(27)24(28)25-22(17-10-4-2-5-11-17)18-12-6-3-7-13-18/h2-16,22H,1H3,(H,25,28). The highest BCUT2D eigenvalue weighted by Crippen LogP contribution is 2.24. The first-order valence-electron chi connectivity index (χ1n) is 9.14. The van der Waals surface area contributed by atoms with Gasteiger partial charge in [0.2, 0.25) is 0 Å². The summed E-state index contributed by atoms with van der Waals surface area (Å²) in [5.74, 6) is -1.15. The third kappa shape index (κ3) is 3.32. The summed E-state index contributed by atoms with van der Waals surface area (Å²) >= 11 is 0. The molecule has 4 rings (SSSR count). The van der Waals surface area contributed by atoms with E-state index >= 15 is 0 Å². The molecule has 1 heterocycles. The minimum Gasteiger partial charge on any atom is -0.350 e. The van der Waals surface area contributed by atoms with E-state index in [9.17, 15) is 9.59 Å². The number of rotatable bonds is 5. The van der Waals surface area contributed by atoms with Gasteiger partial charge in [-0.15, -0.1) is 0 Å². The second kappa shape index (κ2) is 7.53. The first kappa shape index (κ1) is 17.7.